The Morgan fingerprint density at radius 3 is 2.09 bits per heavy atom. The summed E-state index contributed by atoms with van der Waals surface area (Å²) in [7, 11) is 0. The van der Waals surface area contributed by atoms with Gasteiger partial charge < -0.3 is 5.11 Å². The number of hydrogen-bond donors (Lipinski definition) is 1. The van der Waals surface area contributed by atoms with Crippen molar-refractivity contribution < 1.29 is 5.11 Å². The van der Waals surface area contributed by atoms with Gasteiger partial charge in [-0.1, -0.05) is 47.0 Å². The minimum absolute atomic E-state index is 0.0718. The SMILES string of the molecule is OC(C1CC=CC1)C(Cl)(Cl)Cl. The summed E-state index contributed by atoms with van der Waals surface area (Å²) >= 11 is 16.6. The molecule has 1 N–H and O–H groups in total. The van der Waals surface area contributed by atoms with Gasteiger partial charge in [0.25, 0.3) is 0 Å². The first-order chi connectivity index (χ1) is 5.02. The maximum atomic E-state index is 9.45. The molecule has 0 aromatic rings. The van der Waals surface area contributed by atoms with Crippen molar-refractivity contribution in [3.63, 3.8) is 0 Å². The molecular weight excluding hydrogens is 206 g/mol. The summed E-state index contributed by atoms with van der Waals surface area (Å²) in [6.07, 6.45) is 4.72. The Balaban J connectivity index is 2.48. The minimum atomic E-state index is -1.54. The summed E-state index contributed by atoms with van der Waals surface area (Å²) < 4.78 is -1.54. The van der Waals surface area contributed by atoms with E-state index in [9.17, 15) is 5.11 Å². The third-order valence-corrected chi connectivity index (χ3v) is 2.50. The zero-order valence-electron chi connectivity index (χ0n) is 5.80. The molecule has 0 spiro atoms. The predicted octanol–water partition coefficient (Wildman–Crippen LogP) is 2.68. The highest BCUT2D eigenvalue weighted by molar-refractivity contribution is 6.68. The van der Waals surface area contributed by atoms with Gasteiger partial charge in [0.2, 0.25) is 3.79 Å². The Labute approximate surface area is 80.9 Å². The highest BCUT2D eigenvalue weighted by Crippen LogP contribution is 2.37. The molecule has 64 valence electrons. The van der Waals surface area contributed by atoms with Gasteiger partial charge in [-0.2, -0.15) is 0 Å². The molecule has 0 bridgehead atoms. The number of rotatable bonds is 1. The van der Waals surface area contributed by atoms with E-state index in [0.29, 0.717) is 0 Å². The monoisotopic (exact) mass is 214 g/mol. The van der Waals surface area contributed by atoms with Crippen LogP contribution >= 0.6 is 34.8 Å². The molecule has 1 aliphatic carbocycles. The third kappa shape index (κ3) is 2.51. The summed E-state index contributed by atoms with van der Waals surface area (Å²) in [5, 5.41) is 9.45. The van der Waals surface area contributed by atoms with Crippen LogP contribution in [-0.2, 0) is 0 Å². The first-order valence-electron chi connectivity index (χ1n) is 3.41. The van der Waals surface area contributed by atoms with Crippen molar-refractivity contribution in [3.05, 3.63) is 12.2 Å². The smallest absolute Gasteiger partial charge is 0.216 e. The lowest BCUT2D eigenvalue weighted by molar-refractivity contribution is 0.117. The molecule has 0 saturated carbocycles. The van der Waals surface area contributed by atoms with Crippen LogP contribution in [0, 0.1) is 5.92 Å². The van der Waals surface area contributed by atoms with E-state index in [4.69, 9.17) is 34.8 Å². The van der Waals surface area contributed by atoms with E-state index in [-0.39, 0.29) is 5.92 Å². The van der Waals surface area contributed by atoms with Crippen molar-refractivity contribution in [3.8, 4) is 0 Å². The second-order valence-corrected chi connectivity index (χ2v) is 5.06. The fourth-order valence-electron chi connectivity index (χ4n) is 1.16. The van der Waals surface area contributed by atoms with Crippen molar-refractivity contribution in [1.82, 2.24) is 0 Å². The van der Waals surface area contributed by atoms with Gasteiger partial charge in [0.05, 0.1) is 0 Å². The highest BCUT2D eigenvalue weighted by atomic mass is 35.6. The molecule has 0 aliphatic heterocycles. The van der Waals surface area contributed by atoms with Gasteiger partial charge in [-0.05, 0) is 18.8 Å². The predicted molar refractivity (Wildman–Crippen MR) is 48.2 cm³/mol. The van der Waals surface area contributed by atoms with E-state index < -0.39 is 9.90 Å². The van der Waals surface area contributed by atoms with Crippen LogP contribution in [0.4, 0.5) is 0 Å². The van der Waals surface area contributed by atoms with Crippen molar-refractivity contribution in [1.29, 1.82) is 0 Å². The first-order valence-corrected chi connectivity index (χ1v) is 4.55. The Morgan fingerprint density at radius 1 is 1.27 bits per heavy atom. The Bertz CT molecular complexity index is 154. The molecule has 0 amide bonds. The fourth-order valence-corrected chi connectivity index (χ4v) is 1.70. The number of halogens is 3. The number of alkyl halides is 3. The average molecular weight is 216 g/mol. The van der Waals surface area contributed by atoms with Gasteiger partial charge in [-0.3, -0.25) is 0 Å². The molecular formula is C7H9Cl3O. The number of hydrogen-bond acceptors (Lipinski definition) is 1. The van der Waals surface area contributed by atoms with Gasteiger partial charge in [0.1, 0.15) is 6.10 Å². The van der Waals surface area contributed by atoms with Crippen LogP contribution in [0.3, 0.4) is 0 Å². The van der Waals surface area contributed by atoms with E-state index in [1.807, 2.05) is 12.2 Å². The van der Waals surface area contributed by atoms with Crippen LogP contribution < -0.4 is 0 Å². The van der Waals surface area contributed by atoms with Gasteiger partial charge in [0.15, 0.2) is 0 Å². The average Bonchev–Trinajstić information content (AvgIpc) is 2.34. The van der Waals surface area contributed by atoms with E-state index in [1.54, 1.807) is 0 Å². The molecule has 1 aliphatic rings. The molecule has 0 saturated heterocycles. The maximum absolute atomic E-state index is 9.45. The van der Waals surface area contributed by atoms with Gasteiger partial charge in [0, 0.05) is 0 Å². The van der Waals surface area contributed by atoms with Gasteiger partial charge >= 0.3 is 0 Å². The van der Waals surface area contributed by atoms with E-state index >= 15 is 0 Å². The molecule has 11 heavy (non-hydrogen) atoms. The largest absolute Gasteiger partial charge is 0.388 e. The molecule has 1 rings (SSSR count). The summed E-state index contributed by atoms with van der Waals surface area (Å²) in [6, 6.07) is 0. The third-order valence-electron chi connectivity index (χ3n) is 1.83. The molecule has 0 aromatic carbocycles. The Morgan fingerprint density at radius 2 is 1.73 bits per heavy atom. The van der Waals surface area contributed by atoms with Crippen LogP contribution in [0.2, 0.25) is 0 Å². The lowest BCUT2D eigenvalue weighted by Gasteiger charge is -2.24. The van der Waals surface area contributed by atoms with Crippen LogP contribution in [0.15, 0.2) is 12.2 Å². The summed E-state index contributed by atoms with van der Waals surface area (Å²) in [6.45, 7) is 0. The van der Waals surface area contributed by atoms with E-state index in [0.717, 1.165) is 12.8 Å². The number of aliphatic hydroxyl groups excluding tert-OH is 1. The second-order valence-electron chi connectivity index (χ2n) is 2.69. The highest BCUT2D eigenvalue weighted by Gasteiger charge is 2.36. The van der Waals surface area contributed by atoms with Crippen molar-refractivity contribution >= 4 is 34.8 Å². The van der Waals surface area contributed by atoms with Gasteiger partial charge in [-0.15, -0.1) is 0 Å². The summed E-state index contributed by atoms with van der Waals surface area (Å²) in [4.78, 5) is 0. The summed E-state index contributed by atoms with van der Waals surface area (Å²) in [5.41, 5.74) is 0. The molecule has 1 unspecified atom stereocenters. The van der Waals surface area contributed by atoms with Crippen LogP contribution in [0.25, 0.3) is 0 Å². The number of aliphatic hydroxyl groups is 1. The maximum Gasteiger partial charge on any atom is 0.216 e. The lowest BCUT2D eigenvalue weighted by Crippen LogP contribution is -2.32. The fraction of sp³-hybridized carbons (Fsp3) is 0.714. The van der Waals surface area contributed by atoms with Crippen LogP contribution in [-0.4, -0.2) is 15.0 Å². The Hall–Kier alpha value is 0.570. The number of allylic oxidation sites excluding steroid dienone is 2. The second kappa shape index (κ2) is 3.53. The molecule has 1 atom stereocenters. The quantitative estimate of drug-likeness (QED) is 0.527. The Kier molecular flexibility index (Phi) is 3.10. The standard InChI is InChI=1S/C7H9Cl3O/c8-7(9,10)6(11)5-3-1-2-4-5/h1-2,5-6,11H,3-4H2. The lowest BCUT2D eigenvalue weighted by atomic mass is 10.0. The van der Waals surface area contributed by atoms with Crippen LogP contribution in [0.1, 0.15) is 12.8 Å². The summed E-state index contributed by atoms with van der Waals surface area (Å²) in [5.74, 6) is 0.0718. The van der Waals surface area contributed by atoms with Crippen LogP contribution in [0.5, 0.6) is 0 Å². The minimum Gasteiger partial charge on any atom is -0.388 e. The van der Waals surface area contributed by atoms with E-state index in [1.165, 1.54) is 0 Å². The molecule has 0 aromatic heterocycles. The van der Waals surface area contributed by atoms with Gasteiger partial charge in [-0.25, -0.2) is 0 Å². The van der Waals surface area contributed by atoms with Crippen molar-refractivity contribution in [2.75, 3.05) is 0 Å². The molecule has 4 heteroatoms. The molecule has 0 radical (unpaired) electrons. The zero-order chi connectivity index (χ0) is 8.48. The van der Waals surface area contributed by atoms with E-state index in [2.05, 4.69) is 0 Å². The first kappa shape index (κ1) is 9.66. The van der Waals surface area contributed by atoms with Crippen molar-refractivity contribution in [2.45, 2.75) is 22.7 Å². The molecule has 0 fully saturated rings. The zero-order valence-corrected chi connectivity index (χ0v) is 8.07. The molecule has 0 heterocycles. The normalized spacial score (nSPS) is 22.5. The molecule has 1 nitrogen and oxygen atoms in total. The topological polar surface area (TPSA) is 20.2 Å². The van der Waals surface area contributed by atoms with Crippen molar-refractivity contribution in [2.24, 2.45) is 5.92 Å².